The fraction of sp³-hybridized carbons (Fsp3) is 0.692. The van der Waals surface area contributed by atoms with Gasteiger partial charge >= 0.3 is 0 Å². The molecule has 1 aromatic heterocycles. The molecular weight excluding hydrogens is 294 g/mol. The lowest BCUT2D eigenvalue weighted by molar-refractivity contribution is -0.130. The third-order valence-corrected chi connectivity index (χ3v) is 4.75. The largest absolute Gasteiger partial charge is 0.364 e. The number of carbonyl (C=O) groups excluding carboxylic acids is 1. The molecule has 21 heavy (non-hydrogen) atoms. The van der Waals surface area contributed by atoms with Crippen LogP contribution in [0.15, 0.2) is 16.9 Å². The zero-order chi connectivity index (χ0) is 15.1. The highest BCUT2D eigenvalue weighted by Gasteiger charge is 2.17. The summed E-state index contributed by atoms with van der Waals surface area (Å²) in [4.78, 5) is 13.6. The minimum Gasteiger partial charge on any atom is -0.364 e. The summed E-state index contributed by atoms with van der Waals surface area (Å²) in [6.45, 7) is 1.71. The lowest BCUT2D eigenvalue weighted by atomic mass is 10.2. The quantitative estimate of drug-likeness (QED) is 0.754. The Labute approximate surface area is 124 Å². The molecule has 0 unspecified atom stereocenters. The van der Waals surface area contributed by atoms with E-state index in [1.807, 2.05) is 4.90 Å². The average Bonchev–Trinajstić information content (AvgIpc) is 2.83. The summed E-state index contributed by atoms with van der Waals surface area (Å²) in [5.74, 6) is -0.00969. The molecule has 0 radical (unpaired) electrons. The van der Waals surface area contributed by atoms with Crippen LogP contribution in [0.3, 0.4) is 0 Å². The van der Waals surface area contributed by atoms with E-state index in [1.54, 1.807) is 0 Å². The number of carbonyl (C=O) groups is 1. The van der Waals surface area contributed by atoms with Crippen LogP contribution in [0, 0.1) is 0 Å². The smallest absolute Gasteiger partial charge is 0.222 e. The van der Waals surface area contributed by atoms with Gasteiger partial charge in [-0.15, -0.1) is 0 Å². The highest BCUT2D eigenvalue weighted by Crippen LogP contribution is 2.11. The van der Waals surface area contributed by atoms with Crippen LogP contribution in [0.2, 0.25) is 0 Å². The van der Waals surface area contributed by atoms with Gasteiger partial charge in [0, 0.05) is 32.1 Å². The molecule has 1 aromatic rings. The van der Waals surface area contributed by atoms with Gasteiger partial charge in [0.15, 0.2) is 0 Å². The topological polar surface area (TPSA) is 92.5 Å². The Balaban J connectivity index is 1.70. The van der Waals surface area contributed by atoms with E-state index in [-0.39, 0.29) is 11.7 Å². The molecule has 2 rings (SSSR count). The van der Waals surface area contributed by atoms with Crippen molar-refractivity contribution in [1.82, 2.24) is 14.8 Å². The van der Waals surface area contributed by atoms with Crippen LogP contribution < -0.4 is 4.72 Å². The van der Waals surface area contributed by atoms with Gasteiger partial charge in [0.05, 0.1) is 5.69 Å². The number of amides is 1. The highest BCUT2D eigenvalue weighted by atomic mass is 32.2. The minimum atomic E-state index is -3.40. The van der Waals surface area contributed by atoms with Crippen LogP contribution in [0.1, 0.15) is 37.8 Å². The monoisotopic (exact) mass is 315 g/mol. The molecule has 1 saturated heterocycles. The number of aromatic nitrogens is 1. The molecule has 0 aromatic carbocycles. The molecule has 118 valence electrons. The molecule has 0 atom stereocenters. The third-order valence-electron chi connectivity index (χ3n) is 3.43. The predicted octanol–water partition coefficient (Wildman–Crippen LogP) is 0.887. The van der Waals surface area contributed by atoms with E-state index in [1.165, 1.54) is 12.3 Å². The van der Waals surface area contributed by atoms with E-state index in [2.05, 4.69) is 14.4 Å². The molecule has 0 saturated carbocycles. The molecule has 0 spiro atoms. The van der Waals surface area contributed by atoms with Crippen LogP contribution in [0.5, 0.6) is 0 Å². The lowest BCUT2D eigenvalue weighted by Crippen LogP contribution is -2.34. The molecule has 1 amide bonds. The maximum atomic E-state index is 11.8. The highest BCUT2D eigenvalue weighted by molar-refractivity contribution is 7.88. The van der Waals surface area contributed by atoms with Gasteiger partial charge in [0.25, 0.3) is 0 Å². The fourth-order valence-electron chi connectivity index (χ4n) is 2.33. The Hall–Kier alpha value is -1.41. The van der Waals surface area contributed by atoms with Crippen molar-refractivity contribution in [1.29, 1.82) is 0 Å². The second kappa shape index (κ2) is 7.56. The maximum absolute atomic E-state index is 11.8. The number of sulfonamides is 1. The van der Waals surface area contributed by atoms with Gasteiger partial charge in [-0.25, -0.2) is 13.1 Å². The van der Waals surface area contributed by atoms with Crippen molar-refractivity contribution in [3.63, 3.8) is 0 Å². The Morgan fingerprint density at radius 2 is 2.19 bits per heavy atom. The Bertz CT molecular complexity index is 542. The van der Waals surface area contributed by atoms with E-state index in [4.69, 9.17) is 0 Å². The molecule has 0 aliphatic carbocycles. The summed E-state index contributed by atoms with van der Waals surface area (Å²) in [6.07, 6.45) is 5.65. The minimum absolute atomic E-state index is 0.179. The first kappa shape index (κ1) is 16.0. The molecule has 1 N–H and O–H groups in total. The van der Waals surface area contributed by atoms with Crippen molar-refractivity contribution in [2.24, 2.45) is 0 Å². The standard InChI is InChI=1S/C13H21N3O4S/c17-13-5-2-1-3-8-16(13)9-4-7-14-21(18,19)11-12-6-10-20-15-12/h6,10,14H,1-5,7-9,11H2. The van der Waals surface area contributed by atoms with E-state index in [0.717, 1.165) is 25.8 Å². The predicted molar refractivity (Wildman–Crippen MR) is 76.8 cm³/mol. The molecule has 1 aliphatic heterocycles. The summed E-state index contributed by atoms with van der Waals surface area (Å²) in [6, 6.07) is 1.52. The lowest BCUT2D eigenvalue weighted by Gasteiger charge is -2.20. The molecule has 2 heterocycles. The number of hydrogen-bond donors (Lipinski definition) is 1. The van der Waals surface area contributed by atoms with E-state index in [9.17, 15) is 13.2 Å². The van der Waals surface area contributed by atoms with Gasteiger partial charge in [0.2, 0.25) is 15.9 Å². The van der Waals surface area contributed by atoms with Gasteiger partial charge in [-0.1, -0.05) is 11.6 Å². The van der Waals surface area contributed by atoms with Gasteiger partial charge in [-0.05, 0) is 19.3 Å². The summed E-state index contributed by atoms with van der Waals surface area (Å²) in [5, 5.41) is 3.58. The number of nitrogens with zero attached hydrogens (tertiary/aromatic N) is 2. The van der Waals surface area contributed by atoms with Crippen molar-refractivity contribution >= 4 is 15.9 Å². The Morgan fingerprint density at radius 3 is 2.95 bits per heavy atom. The van der Waals surface area contributed by atoms with Crippen LogP contribution >= 0.6 is 0 Å². The molecule has 8 heteroatoms. The second-order valence-corrected chi connectivity index (χ2v) is 7.00. The van der Waals surface area contributed by atoms with Crippen LogP contribution in [0.4, 0.5) is 0 Å². The van der Waals surface area contributed by atoms with Crippen molar-refractivity contribution in [2.45, 2.75) is 37.9 Å². The third kappa shape index (κ3) is 5.47. The molecule has 1 aliphatic rings. The summed E-state index contributed by atoms with van der Waals surface area (Å²) in [5.41, 5.74) is 0.380. The zero-order valence-corrected chi connectivity index (χ0v) is 12.8. The normalized spacial score (nSPS) is 17.0. The molecule has 1 fully saturated rings. The number of likely N-dealkylation sites (tertiary alicyclic amines) is 1. The number of rotatable bonds is 7. The first-order valence-electron chi connectivity index (χ1n) is 7.21. The SMILES string of the molecule is O=C1CCCCCN1CCCNS(=O)(=O)Cc1ccon1. The van der Waals surface area contributed by atoms with Crippen molar-refractivity contribution < 1.29 is 17.7 Å². The Kier molecular flexibility index (Phi) is 5.75. The van der Waals surface area contributed by atoms with Gasteiger partial charge in [-0.2, -0.15) is 0 Å². The van der Waals surface area contributed by atoms with Gasteiger partial charge in [-0.3, -0.25) is 4.79 Å². The second-order valence-electron chi connectivity index (χ2n) is 5.19. The van der Waals surface area contributed by atoms with Crippen molar-refractivity contribution in [3.8, 4) is 0 Å². The summed E-state index contributed by atoms with van der Waals surface area (Å²) < 4.78 is 30.7. The van der Waals surface area contributed by atoms with E-state index < -0.39 is 10.0 Å². The fourth-order valence-corrected chi connectivity index (χ4v) is 3.43. The molecular formula is C13H21N3O4S. The summed E-state index contributed by atoms with van der Waals surface area (Å²) in [7, 11) is -3.40. The van der Waals surface area contributed by atoms with Crippen molar-refractivity contribution in [2.75, 3.05) is 19.6 Å². The maximum Gasteiger partial charge on any atom is 0.222 e. The average molecular weight is 315 g/mol. The van der Waals surface area contributed by atoms with E-state index in [0.29, 0.717) is 31.6 Å². The van der Waals surface area contributed by atoms with Crippen molar-refractivity contribution in [3.05, 3.63) is 18.0 Å². The van der Waals surface area contributed by atoms with Crippen LogP contribution in [0.25, 0.3) is 0 Å². The van der Waals surface area contributed by atoms with Crippen LogP contribution in [-0.4, -0.2) is 44.0 Å². The summed E-state index contributed by atoms with van der Waals surface area (Å²) >= 11 is 0. The van der Waals surface area contributed by atoms with Crippen LogP contribution in [-0.2, 0) is 20.6 Å². The first-order valence-corrected chi connectivity index (χ1v) is 8.86. The van der Waals surface area contributed by atoms with E-state index >= 15 is 0 Å². The molecule has 0 bridgehead atoms. The number of hydrogen-bond acceptors (Lipinski definition) is 5. The zero-order valence-electron chi connectivity index (χ0n) is 12.0. The first-order chi connectivity index (χ1) is 10.1. The van der Waals surface area contributed by atoms with Gasteiger partial charge < -0.3 is 9.42 Å². The van der Waals surface area contributed by atoms with Gasteiger partial charge in [0.1, 0.15) is 12.0 Å². The Morgan fingerprint density at radius 1 is 1.33 bits per heavy atom. The number of nitrogens with one attached hydrogen (secondary N) is 1. The molecule has 7 nitrogen and oxygen atoms in total.